The molecule has 0 radical (unpaired) electrons. The van der Waals surface area contributed by atoms with Gasteiger partial charge in [0.2, 0.25) is 5.91 Å². The van der Waals surface area contributed by atoms with Gasteiger partial charge >= 0.3 is 0 Å². The van der Waals surface area contributed by atoms with Gasteiger partial charge in [0.05, 0.1) is 25.9 Å². The van der Waals surface area contributed by atoms with Gasteiger partial charge in [-0.15, -0.1) is 0 Å². The summed E-state index contributed by atoms with van der Waals surface area (Å²) < 4.78 is 10.2. The van der Waals surface area contributed by atoms with Crippen molar-refractivity contribution in [2.45, 2.75) is 51.1 Å². The summed E-state index contributed by atoms with van der Waals surface area (Å²) in [5.41, 5.74) is 0. The Balaban J connectivity index is 2.04. The molecule has 0 aromatic heterocycles. The highest BCUT2D eigenvalue weighted by Crippen LogP contribution is 2.17. The first-order chi connectivity index (χ1) is 9.24. The van der Waals surface area contributed by atoms with Crippen LogP contribution in [0.1, 0.15) is 39.0 Å². The van der Waals surface area contributed by atoms with Gasteiger partial charge in [-0.25, -0.2) is 0 Å². The fraction of sp³-hybridized carbons (Fsp3) is 0.929. The molecule has 1 atom stereocenters. The topological polar surface area (TPSA) is 59.6 Å². The maximum Gasteiger partial charge on any atom is 0.237 e. The van der Waals surface area contributed by atoms with E-state index in [-0.39, 0.29) is 11.9 Å². The highest BCUT2D eigenvalue weighted by Gasteiger charge is 2.18. The summed E-state index contributed by atoms with van der Waals surface area (Å²) in [4.78, 5) is 11.9. The molecule has 0 heterocycles. The quantitative estimate of drug-likeness (QED) is 0.617. The zero-order valence-corrected chi connectivity index (χ0v) is 12.2. The normalized spacial score (nSPS) is 18.2. The van der Waals surface area contributed by atoms with Crippen molar-refractivity contribution >= 4 is 5.91 Å². The summed E-state index contributed by atoms with van der Waals surface area (Å²) in [6.45, 7) is 4.39. The highest BCUT2D eigenvalue weighted by atomic mass is 16.5. The first kappa shape index (κ1) is 16.4. The van der Waals surface area contributed by atoms with E-state index in [9.17, 15) is 4.79 Å². The smallest absolute Gasteiger partial charge is 0.237 e. The van der Waals surface area contributed by atoms with Crippen LogP contribution < -0.4 is 10.6 Å². The van der Waals surface area contributed by atoms with Crippen molar-refractivity contribution in [2.24, 2.45) is 0 Å². The van der Waals surface area contributed by atoms with Gasteiger partial charge in [-0.2, -0.15) is 0 Å². The predicted octanol–water partition coefficient (Wildman–Crippen LogP) is 1.08. The summed E-state index contributed by atoms with van der Waals surface area (Å²) in [5.74, 6) is 0.101. The zero-order chi connectivity index (χ0) is 13.9. The van der Waals surface area contributed by atoms with Crippen LogP contribution in [0.4, 0.5) is 0 Å². The minimum atomic E-state index is -0.159. The van der Waals surface area contributed by atoms with Crippen LogP contribution in [0.3, 0.4) is 0 Å². The minimum Gasteiger partial charge on any atom is -0.382 e. The Labute approximate surface area is 116 Å². The van der Waals surface area contributed by atoms with Gasteiger partial charge in [-0.05, 0) is 19.8 Å². The summed E-state index contributed by atoms with van der Waals surface area (Å²) in [7, 11) is 1.65. The van der Waals surface area contributed by atoms with E-state index < -0.39 is 0 Å². The number of ether oxygens (including phenoxy) is 2. The standard InChI is InChI=1S/C14H28N2O3/c1-12(15-8-9-19-11-10-18-2)14(17)16-13-6-4-3-5-7-13/h12-13,15H,3-11H2,1-2H3,(H,16,17). The van der Waals surface area contributed by atoms with Crippen molar-refractivity contribution in [2.75, 3.05) is 33.5 Å². The average molecular weight is 272 g/mol. The number of methoxy groups -OCH3 is 1. The lowest BCUT2D eigenvalue weighted by molar-refractivity contribution is -0.123. The first-order valence-corrected chi connectivity index (χ1v) is 7.34. The molecule has 1 unspecified atom stereocenters. The number of amides is 1. The molecule has 1 amide bonds. The van der Waals surface area contributed by atoms with E-state index in [2.05, 4.69) is 10.6 Å². The van der Waals surface area contributed by atoms with Crippen LogP contribution in [0.15, 0.2) is 0 Å². The van der Waals surface area contributed by atoms with Crippen LogP contribution in [-0.4, -0.2) is 51.5 Å². The summed E-state index contributed by atoms with van der Waals surface area (Å²) >= 11 is 0. The van der Waals surface area contributed by atoms with E-state index in [1.54, 1.807) is 7.11 Å². The molecule has 19 heavy (non-hydrogen) atoms. The van der Waals surface area contributed by atoms with Crippen LogP contribution in [0.2, 0.25) is 0 Å². The third-order valence-electron chi connectivity index (χ3n) is 3.47. The molecule has 5 nitrogen and oxygen atoms in total. The van der Waals surface area contributed by atoms with Crippen molar-refractivity contribution < 1.29 is 14.3 Å². The van der Waals surface area contributed by atoms with Gasteiger partial charge in [0, 0.05) is 19.7 Å². The molecule has 1 aliphatic rings. The first-order valence-electron chi connectivity index (χ1n) is 7.34. The molecule has 0 bridgehead atoms. The summed E-state index contributed by atoms with van der Waals surface area (Å²) in [6.07, 6.45) is 6.02. The van der Waals surface area contributed by atoms with Gasteiger partial charge in [0.25, 0.3) is 0 Å². The highest BCUT2D eigenvalue weighted by molar-refractivity contribution is 5.81. The lowest BCUT2D eigenvalue weighted by Crippen LogP contribution is -2.47. The number of nitrogens with one attached hydrogen (secondary N) is 2. The van der Waals surface area contributed by atoms with E-state index in [4.69, 9.17) is 9.47 Å². The molecule has 1 aliphatic carbocycles. The monoisotopic (exact) mass is 272 g/mol. The Hall–Kier alpha value is -0.650. The molecule has 112 valence electrons. The van der Waals surface area contributed by atoms with Gasteiger partial charge in [0.1, 0.15) is 0 Å². The van der Waals surface area contributed by atoms with Crippen molar-refractivity contribution in [1.82, 2.24) is 10.6 Å². The Morgan fingerprint density at radius 1 is 1.21 bits per heavy atom. The minimum absolute atomic E-state index is 0.101. The van der Waals surface area contributed by atoms with Gasteiger partial charge < -0.3 is 20.1 Å². The largest absolute Gasteiger partial charge is 0.382 e. The fourth-order valence-electron chi connectivity index (χ4n) is 2.26. The molecule has 1 rings (SSSR count). The van der Waals surface area contributed by atoms with Crippen LogP contribution in [-0.2, 0) is 14.3 Å². The van der Waals surface area contributed by atoms with Crippen molar-refractivity contribution in [3.63, 3.8) is 0 Å². The molecule has 1 saturated carbocycles. The second-order valence-electron chi connectivity index (χ2n) is 5.12. The average Bonchev–Trinajstić information content (AvgIpc) is 2.43. The molecule has 0 aromatic rings. The van der Waals surface area contributed by atoms with Gasteiger partial charge in [-0.3, -0.25) is 4.79 Å². The summed E-state index contributed by atoms with van der Waals surface area (Å²) in [6, 6.07) is 0.219. The number of hydrogen-bond donors (Lipinski definition) is 2. The Bertz CT molecular complexity index is 243. The predicted molar refractivity (Wildman–Crippen MR) is 75.2 cm³/mol. The third kappa shape index (κ3) is 7.50. The van der Waals surface area contributed by atoms with Crippen molar-refractivity contribution in [3.8, 4) is 0 Å². The van der Waals surface area contributed by atoms with E-state index in [1.807, 2.05) is 6.92 Å². The molecule has 5 heteroatoms. The number of carbonyl (C=O) groups excluding carboxylic acids is 1. The Morgan fingerprint density at radius 2 is 1.95 bits per heavy atom. The molecular weight excluding hydrogens is 244 g/mol. The van der Waals surface area contributed by atoms with E-state index >= 15 is 0 Å². The van der Waals surface area contributed by atoms with Crippen LogP contribution in [0.5, 0.6) is 0 Å². The fourth-order valence-corrected chi connectivity index (χ4v) is 2.26. The van der Waals surface area contributed by atoms with E-state index in [0.29, 0.717) is 32.4 Å². The molecule has 0 spiro atoms. The van der Waals surface area contributed by atoms with Crippen LogP contribution >= 0.6 is 0 Å². The van der Waals surface area contributed by atoms with Crippen LogP contribution in [0.25, 0.3) is 0 Å². The lowest BCUT2D eigenvalue weighted by atomic mass is 9.95. The van der Waals surface area contributed by atoms with Crippen molar-refractivity contribution in [1.29, 1.82) is 0 Å². The van der Waals surface area contributed by atoms with E-state index in [1.165, 1.54) is 19.3 Å². The molecule has 2 N–H and O–H groups in total. The number of rotatable bonds is 9. The van der Waals surface area contributed by atoms with Crippen molar-refractivity contribution in [3.05, 3.63) is 0 Å². The number of hydrogen-bond acceptors (Lipinski definition) is 4. The summed E-state index contributed by atoms with van der Waals surface area (Å²) in [5, 5.41) is 6.29. The van der Waals surface area contributed by atoms with Gasteiger partial charge in [0.15, 0.2) is 0 Å². The number of carbonyl (C=O) groups is 1. The SMILES string of the molecule is COCCOCCNC(C)C(=O)NC1CCCCC1. The third-order valence-corrected chi connectivity index (χ3v) is 3.47. The zero-order valence-electron chi connectivity index (χ0n) is 12.2. The second kappa shape index (κ2) is 10.2. The van der Waals surface area contributed by atoms with E-state index in [0.717, 1.165) is 12.8 Å². The maximum absolute atomic E-state index is 11.9. The maximum atomic E-state index is 11.9. The molecule has 0 saturated heterocycles. The Kier molecular flexibility index (Phi) is 8.79. The lowest BCUT2D eigenvalue weighted by Gasteiger charge is -2.24. The van der Waals surface area contributed by atoms with Crippen LogP contribution in [0, 0.1) is 0 Å². The molecule has 0 aliphatic heterocycles. The Morgan fingerprint density at radius 3 is 2.63 bits per heavy atom. The molecule has 1 fully saturated rings. The molecule has 0 aromatic carbocycles. The molecular formula is C14H28N2O3. The van der Waals surface area contributed by atoms with Gasteiger partial charge in [-0.1, -0.05) is 19.3 Å². The second-order valence-corrected chi connectivity index (χ2v) is 5.12.